The molecule has 0 heterocycles. The highest BCUT2D eigenvalue weighted by molar-refractivity contribution is 4.70. The van der Waals surface area contributed by atoms with Crippen LogP contribution in [0.1, 0.15) is 85.0 Å². The Morgan fingerprint density at radius 3 is 2.25 bits per heavy atom. The summed E-state index contributed by atoms with van der Waals surface area (Å²) in [6.45, 7) is 7.16. The molecule has 1 rings (SSSR count). The molecule has 0 aromatic heterocycles. The van der Waals surface area contributed by atoms with Gasteiger partial charge in [-0.15, -0.1) is 0 Å². The molecule has 0 aromatic rings. The highest BCUT2D eigenvalue weighted by atomic mass is 14.2. The summed E-state index contributed by atoms with van der Waals surface area (Å²) in [7, 11) is 0. The van der Waals surface area contributed by atoms with Crippen LogP contribution in [0, 0.1) is 17.8 Å². The molecule has 0 spiro atoms. The van der Waals surface area contributed by atoms with Crippen molar-refractivity contribution in [3.8, 4) is 0 Å². The molecule has 0 heteroatoms. The average molecular weight is 224 g/mol. The van der Waals surface area contributed by atoms with E-state index in [2.05, 4.69) is 20.8 Å². The van der Waals surface area contributed by atoms with Crippen LogP contribution in [0.4, 0.5) is 0 Å². The Kier molecular flexibility index (Phi) is 7.16. The van der Waals surface area contributed by atoms with E-state index in [0.717, 1.165) is 17.8 Å². The lowest BCUT2D eigenvalue weighted by atomic mass is 9.80. The number of hydrogen-bond donors (Lipinski definition) is 0. The molecule has 1 fully saturated rings. The normalized spacial score (nSPS) is 27.9. The van der Waals surface area contributed by atoms with Gasteiger partial charge in [0.25, 0.3) is 0 Å². The second-order valence-electron chi connectivity index (χ2n) is 6.30. The van der Waals surface area contributed by atoms with Gasteiger partial charge in [-0.1, -0.05) is 85.0 Å². The molecule has 0 amide bonds. The fourth-order valence-corrected chi connectivity index (χ4v) is 3.07. The van der Waals surface area contributed by atoms with Crippen molar-refractivity contribution >= 4 is 0 Å². The summed E-state index contributed by atoms with van der Waals surface area (Å²) in [5, 5.41) is 0. The molecule has 96 valence electrons. The van der Waals surface area contributed by atoms with E-state index in [9.17, 15) is 0 Å². The Balaban J connectivity index is 1.98. The van der Waals surface area contributed by atoms with E-state index in [1.807, 2.05) is 0 Å². The molecule has 0 aliphatic heterocycles. The minimum Gasteiger partial charge on any atom is -0.0654 e. The molecule has 0 saturated heterocycles. The van der Waals surface area contributed by atoms with Gasteiger partial charge >= 0.3 is 0 Å². The zero-order valence-corrected chi connectivity index (χ0v) is 11.8. The molecular formula is C16H32. The van der Waals surface area contributed by atoms with Gasteiger partial charge in [0.15, 0.2) is 0 Å². The smallest absolute Gasteiger partial charge is 0.0414 e. The topological polar surface area (TPSA) is 0 Å². The van der Waals surface area contributed by atoms with Crippen molar-refractivity contribution < 1.29 is 0 Å². The van der Waals surface area contributed by atoms with Gasteiger partial charge in [0.1, 0.15) is 0 Å². The molecule has 1 unspecified atom stereocenters. The Labute approximate surface area is 103 Å². The molecule has 0 N–H and O–H groups in total. The van der Waals surface area contributed by atoms with Crippen molar-refractivity contribution in [2.24, 2.45) is 17.8 Å². The predicted octanol–water partition coefficient (Wildman–Crippen LogP) is 5.81. The van der Waals surface area contributed by atoms with Gasteiger partial charge in [-0.3, -0.25) is 0 Å². The Bertz CT molecular complexity index is 153. The second-order valence-corrected chi connectivity index (χ2v) is 6.30. The van der Waals surface area contributed by atoms with Crippen molar-refractivity contribution in [2.45, 2.75) is 85.0 Å². The quantitative estimate of drug-likeness (QED) is 0.512. The summed E-state index contributed by atoms with van der Waals surface area (Å²) in [5.41, 5.74) is 0. The summed E-state index contributed by atoms with van der Waals surface area (Å²) in [5.74, 6) is 3.07. The molecule has 16 heavy (non-hydrogen) atoms. The first-order chi connectivity index (χ1) is 7.72. The van der Waals surface area contributed by atoms with Crippen molar-refractivity contribution in [1.29, 1.82) is 0 Å². The van der Waals surface area contributed by atoms with E-state index in [1.165, 1.54) is 64.2 Å². The lowest BCUT2D eigenvalue weighted by Crippen LogP contribution is -2.12. The zero-order valence-electron chi connectivity index (χ0n) is 11.8. The van der Waals surface area contributed by atoms with Crippen LogP contribution in [0.2, 0.25) is 0 Å². The maximum atomic E-state index is 2.44. The van der Waals surface area contributed by atoms with Gasteiger partial charge in [0.05, 0.1) is 0 Å². The van der Waals surface area contributed by atoms with Gasteiger partial charge in [0.2, 0.25) is 0 Å². The van der Waals surface area contributed by atoms with Crippen LogP contribution in [-0.2, 0) is 0 Å². The SMILES string of the molecule is CCCCC(C)CCCC1CCC(C)CC1. The van der Waals surface area contributed by atoms with Crippen LogP contribution in [0.3, 0.4) is 0 Å². The number of hydrogen-bond acceptors (Lipinski definition) is 0. The minimum absolute atomic E-state index is 0.975. The van der Waals surface area contributed by atoms with Gasteiger partial charge in [-0.05, 0) is 17.8 Å². The Morgan fingerprint density at radius 1 is 1.00 bits per heavy atom. The molecule has 0 radical (unpaired) electrons. The zero-order chi connectivity index (χ0) is 11.8. The lowest BCUT2D eigenvalue weighted by Gasteiger charge is -2.26. The molecule has 1 atom stereocenters. The molecule has 1 aliphatic carbocycles. The molecule has 1 aliphatic rings. The Hall–Kier alpha value is 0. The van der Waals surface area contributed by atoms with Gasteiger partial charge in [-0.25, -0.2) is 0 Å². The molecule has 0 aromatic carbocycles. The van der Waals surface area contributed by atoms with Crippen molar-refractivity contribution in [1.82, 2.24) is 0 Å². The first-order valence-electron chi connectivity index (χ1n) is 7.72. The lowest BCUT2D eigenvalue weighted by molar-refractivity contribution is 0.267. The van der Waals surface area contributed by atoms with Gasteiger partial charge in [-0.2, -0.15) is 0 Å². The molecule has 1 saturated carbocycles. The third-order valence-electron chi connectivity index (χ3n) is 4.50. The van der Waals surface area contributed by atoms with Gasteiger partial charge < -0.3 is 0 Å². The Morgan fingerprint density at radius 2 is 1.62 bits per heavy atom. The van der Waals surface area contributed by atoms with Crippen molar-refractivity contribution in [3.05, 3.63) is 0 Å². The van der Waals surface area contributed by atoms with E-state index in [4.69, 9.17) is 0 Å². The third-order valence-corrected chi connectivity index (χ3v) is 4.50. The first-order valence-corrected chi connectivity index (χ1v) is 7.72. The number of unbranched alkanes of at least 4 members (excludes halogenated alkanes) is 1. The van der Waals surface area contributed by atoms with E-state index in [1.54, 1.807) is 0 Å². The van der Waals surface area contributed by atoms with E-state index in [-0.39, 0.29) is 0 Å². The summed E-state index contributed by atoms with van der Waals surface area (Å²) in [6.07, 6.45) is 14.8. The second kappa shape index (κ2) is 8.14. The van der Waals surface area contributed by atoms with Crippen LogP contribution in [-0.4, -0.2) is 0 Å². The minimum atomic E-state index is 0.975. The summed E-state index contributed by atoms with van der Waals surface area (Å²) in [6, 6.07) is 0. The highest BCUT2D eigenvalue weighted by Crippen LogP contribution is 2.32. The van der Waals surface area contributed by atoms with Gasteiger partial charge in [0, 0.05) is 0 Å². The van der Waals surface area contributed by atoms with E-state index >= 15 is 0 Å². The molecule has 0 bridgehead atoms. The number of rotatable bonds is 7. The summed E-state index contributed by atoms with van der Waals surface area (Å²) < 4.78 is 0. The summed E-state index contributed by atoms with van der Waals surface area (Å²) >= 11 is 0. The largest absolute Gasteiger partial charge is 0.0654 e. The van der Waals surface area contributed by atoms with Crippen molar-refractivity contribution in [3.63, 3.8) is 0 Å². The molecule has 0 nitrogen and oxygen atoms in total. The standard InChI is InChI=1S/C16H32/c1-4-5-7-14(2)8-6-9-16-12-10-15(3)11-13-16/h14-16H,4-13H2,1-3H3. The maximum absolute atomic E-state index is 2.44. The maximum Gasteiger partial charge on any atom is -0.0414 e. The molecular weight excluding hydrogens is 192 g/mol. The van der Waals surface area contributed by atoms with Crippen LogP contribution < -0.4 is 0 Å². The van der Waals surface area contributed by atoms with Crippen LogP contribution >= 0.6 is 0 Å². The van der Waals surface area contributed by atoms with Crippen LogP contribution in [0.25, 0.3) is 0 Å². The van der Waals surface area contributed by atoms with E-state index in [0.29, 0.717) is 0 Å². The van der Waals surface area contributed by atoms with Crippen LogP contribution in [0.5, 0.6) is 0 Å². The monoisotopic (exact) mass is 224 g/mol. The predicted molar refractivity (Wildman–Crippen MR) is 73.7 cm³/mol. The summed E-state index contributed by atoms with van der Waals surface area (Å²) in [4.78, 5) is 0. The fourth-order valence-electron chi connectivity index (χ4n) is 3.07. The third kappa shape index (κ3) is 5.92. The van der Waals surface area contributed by atoms with Crippen LogP contribution in [0.15, 0.2) is 0 Å². The average Bonchev–Trinajstić information content (AvgIpc) is 2.29. The fraction of sp³-hybridized carbons (Fsp3) is 1.00. The van der Waals surface area contributed by atoms with E-state index < -0.39 is 0 Å². The highest BCUT2D eigenvalue weighted by Gasteiger charge is 2.17. The first kappa shape index (κ1) is 14.1. The van der Waals surface area contributed by atoms with Crippen molar-refractivity contribution in [2.75, 3.05) is 0 Å².